The molecular formula is C17H29N. The van der Waals surface area contributed by atoms with Crippen LogP contribution in [0, 0.1) is 0 Å². The molecule has 0 aliphatic carbocycles. The second-order valence-electron chi connectivity index (χ2n) is 5.11. The first-order valence-electron chi connectivity index (χ1n) is 7.68. The second-order valence-corrected chi connectivity index (χ2v) is 5.11. The molecule has 1 N–H and O–H groups in total. The van der Waals surface area contributed by atoms with Crippen molar-refractivity contribution in [3.05, 3.63) is 35.9 Å². The summed E-state index contributed by atoms with van der Waals surface area (Å²) >= 11 is 0. The molecule has 18 heavy (non-hydrogen) atoms. The van der Waals surface area contributed by atoms with Gasteiger partial charge in [-0.3, -0.25) is 0 Å². The summed E-state index contributed by atoms with van der Waals surface area (Å²) in [6, 6.07) is 10.8. The summed E-state index contributed by atoms with van der Waals surface area (Å²) in [5, 5.41) is 3.55. The Bertz CT molecular complexity index is 268. The van der Waals surface area contributed by atoms with Gasteiger partial charge < -0.3 is 5.32 Å². The normalized spacial score (nSPS) is 10.7. The van der Waals surface area contributed by atoms with E-state index in [4.69, 9.17) is 0 Å². The molecule has 1 aromatic rings. The number of nitrogens with one attached hydrogen (secondary N) is 1. The number of benzene rings is 1. The van der Waals surface area contributed by atoms with Gasteiger partial charge in [0, 0.05) is 0 Å². The largest absolute Gasteiger partial charge is 0.317 e. The Kier molecular flexibility index (Phi) is 9.55. The maximum atomic E-state index is 3.55. The molecule has 0 spiro atoms. The minimum atomic E-state index is 1.18. The third-order valence-corrected chi connectivity index (χ3v) is 3.37. The summed E-state index contributed by atoms with van der Waals surface area (Å²) in [4.78, 5) is 0. The van der Waals surface area contributed by atoms with E-state index in [9.17, 15) is 0 Å². The highest BCUT2D eigenvalue weighted by atomic mass is 14.8. The fourth-order valence-electron chi connectivity index (χ4n) is 2.20. The Morgan fingerprint density at radius 3 is 2.17 bits per heavy atom. The van der Waals surface area contributed by atoms with Crippen molar-refractivity contribution in [2.24, 2.45) is 0 Å². The van der Waals surface area contributed by atoms with E-state index in [0.29, 0.717) is 0 Å². The molecule has 0 bridgehead atoms. The van der Waals surface area contributed by atoms with Crippen LogP contribution in [0.25, 0.3) is 0 Å². The van der Waals surface area contributed by atoms with Gasteiger partial charge in [0.15, 0.2) is 0 Å². The lowest BCUT2D eigenvalue weighted by atomic mass is 10.1. The van der Waals surface area contributed by atoms with Gasteiger partial charge >= 0.3 is 0 Å². The smallest absolute Gasteiger partial charge is 0.00488 e. The van der Waals surface area contributed by atoms with Gasteiger partial charge in [-0.25, -0.2) is 0 Å². The topological polar surface area (TPSA) is 12.0 Å². The molecule has 1 nitrogen and oxygen atoms in total. The summed E-state index contributed by atoms with van der Waals surface area (Å²) in [7, 11) is 0. The number of hydrogen-bond acceptors (Lipinski definition) is 1. The van der Waals surface area contributed by atoms with Crippen LogP contribution in [0.2, 0.25) is 0 Å². The third-order valence-electron chi connectivity index (χ3n) is 3.37. The van der Waals surface area contributed by atoms with Crippen LogP contribution in [-0.4, -0.2) is 13.1 Å². The molecule has 1 heteroatoms. The highest BCUT2D eigenvalue weighted by molar-refractivity contribution is 5.14. The summed E-state index contributed by atoms with van der Waals surface area (Å²) in [5.41, 5.74) is 1.47. The number of hydrogen-bond donors (Lipinski definition) is 1. The van der Waals surface area contributed by atoms with Crippen LogP contribution in [-0.2, 0) is 6.42 Å². The maximum Gasteiger partial charge on any atom is -0.00488 e. The van der Waals surface area contributed by atoms with Crippen molar-refractivity contribution in [1.29, 1.82) is 0 Å². The monoisotopic (exact) mass is 247 g/mol. The lowest BCUT2D eigenvalue weighted by molar-refractivity contribution is 0.566. The third kappa shape index (κ3) is 8.30. The first-order valence-corrected chi connectivity index (χ1v) is 7.68. The SMILES string of the molecule is CCCCCCCNCCCCc1ccccc1. The van der Waals surface area contributed by atoms with Gasteiger partial charge in [0.25, 0.3) is 0 Å². The first kappa shape index (κ1) is 15.2. The zero-order chi connectivity index (χ0) is 12.9. The Balaban J connectivity index is 1.82. The maximum absolute atomic E-state index is 3.55. The lowest BCUT2D eigenvalue weighted by Gasteiger charge is -2.05. The summed E-state index contributed by atoms with van der Waals surface area (Å²) < 4.78 is 0. The molecule has 0 unspecified atom stereocenters. The predicted molar refractivity (Wildman–Crippen MR) is 81.0 cm³/mol. The van der Waals surface area contributed by atoms with Crippen LogP contribution in [0.15, 0.2) is 30.3 Å². The van der Waals surface area contributed by atoms with Gasteiger partial charge in [0.05, 0.1) is 0 Å². The molecule has 0 saturated carbocycles. The van der Waals surface area contributed by atoms with Gasteiger partial charge in [0.1, 0.15) is 0 Å². The van der Waals surface area contributed by atoms with Gasteiger partial charge in [-0.15, -0.1) is 0 Å². The zero-order valence-corrected chi connectivity index (χ0v) is 12.0. The van der Waals surface area contributed by atoms with Gasteiger partial charge in [-0.2, -0.15) is 0 Å². The molecule has 1 aromatic carbocycles. The van der Waals surface area contributed by atoms with E-state index in [1.54, 1.807) is 0 Å². The quantitative estimate of drug-likeness (QED) is 0.565. The lowest BCUT2D eigenvalue weighted by Crippen LogP contribution is -2.16. The molecule has 0 aliphatic heterocycles. The van der Waals surface area contributed by atoms with Crippen molar-refractivity contribution < 1.29 is 0 Å². The standard InChI is InChI=1S/C17H29N/c1-2-3-4-5-10-15-18-16-11-9-14-17-12-7-6-8-13-17/h6-8,12-13,18H,2-5,9-11,14-16H2,1H3. The van der Waals surface area contributed by atoms with E-state index in [1.165, 1.54) is 70.0 Å². The van der Waals surface area contributed by atoms with Crippen molar-refractivity contribution in [2.45, 2.75) is 58.3 Å². The van der Waals surface area contributed by atoms with Crippen LogP contribution in [0.4, 0.5) is 0 Å². The van der Waals surface area contributed by atoms with Crippen molar-refractivity contribution in [3.63, 3.8) is 0 Å². The van der Waals surface area contributed by atoms with Crippen LogP contribution >= 0.6 is 0 Å². The molecule has 0 atom stereocenters. The number of unbranched alkanes of at least 4 members (excludes halogenated alkanes) is 5. The van der Waals surface area contributed by atoms with E-state index in [2.05, 4.69) is 42.6 Å². The number of aryl methyl sites for hydroxylation is 1. The molecule has 0 saturated heterocycles. The number of rotatable bonds is 11. The zero-order valence-electron chi connectivity index (χ0n) is 12.0. The molecule has 0 amide bonds. The van der Waals surface area contributed by atoms with Crippen molar-refractivity contribution in [2.75, 3.05) is 13.1 Å². The minimum Gasteiger partial charge on any atom is -0.317 e. The van der Waals surface area contributed by atoms with Gasteiger partial charge in [-0.1, -0.05) is 62.9 Å². The van der Waals surface area contributed by atoms with Gasteiger partial charge in [-0.05, 0) is 44.3 Å². The average Bonchev–Trinajstić information content (AvgIpc) is 2.42. The van der Waals surface area contributed by atoms with Gasteiger partial charge in [0.2, 0.25) is 0 Å². The molecule has 1 rings (SSSR count). The molecule has 0 fully saturated rings. The van der Waals surface area contributed by atoms with Crippen LogP contribution < -0.4 is 5.32 Å². The van der Waals surface area contributed by atoms with E-state index in [-0.39, 0.29) is 0 Å². The summed E-state index contributed by atoms with van der Waals surface area (Å²) in [6.45, 7) is 4.65. The Labute approximate surface area is 113 Å². The predicted octanol–water partition coefficient (Wildman–Crippen LogP) is 4.57. The summed E-state index contributed by atoms with van der Waals surface area (Å²) in [5.74, 6) is 0. The Morgan fingerprint density at radius 1 is 0.778 bits per heavy atom. The molecular weight excluding hydrogens is 218 g/mol. The summed E-state index contributed by atoms with van der Waals surface area (Å²) in [6.07, 6.45) is 10.7. The second kappa shape index (κ2) is 11.3. The molecule has 0 aromatic heterocycles. The van der Waals surface area contributed by atoms with Crippen molar-refractivity contribution in [3.8, 4) is 0 Å². The Morgan fingerprint density at radius 2 is 1.44 bits per heavy atom. The Hall–Kier alpha value is -0.820. The fourth-order valence-corrected chi connectivity index (χ4v) is 2.20. The van der Waals surface area contributed by atoms with Crippen molar-refractivity contribution >= 4 is 0 Å². The van der Waals surface area contributed by atoms with Crippen LogP contribution in [0.3, 0.4) is 0 Å². The average molecular weight is 247 g/mol. The van der Waals surface area contributed by atoms with Crippen molar-refractivity contribution in [1.82, 2.24) is 5.32 Å². The van der Waals surface area contributed by atoms with E-state index < -0.39 is 0 Å². The van der Waals surface area contributed by atoms with E-state index >= 15 is 0 Å². The van der Waals surface area contributed by atoms with Crippen LogP contribution in [0.1, 0.15) is 57.4 Å². The molecule has 102 valence electrons. The first-order chi connectivity index (χ1) is 8.93. The molecule has 0 heterocycles. The molecule has 0 aliphatic rings. The van der Waals surface area contributed by atoms with E-state index in [0.717, 1.165) is 0 Å². The van der Waals surface area contributed by atoms with Crippen LogP contribution in [0.5, 0.6) is 0 Å². The fraction of sp³-hybridized carbons (Fsp3) is 0.647. The highest BCUT2D eigenvalue weighted by Gasteiger charge is 1.93. The highest BCUT2D eigenvalue weighted by Crippen LogP contribution is 2.04. The minimum absolute atomic E-state index is 1.18. The molecule has 0 radical (unpaired) electrons. The van der Waals surface area contributed by atoms with E-state index in [1.807, 2.05) is 0 Å².